The van der Waals surface area contributed by atoms with E-state index in [1.165, 1.54) is 22.3 Å². The number of hydrogen-bond donors (Lipinski definition) is 3. The number of aryl methyl sites for hydroxylation is 1. The number of nitrogens with one attached hydrogen (secondary N) is 3. The van der Waals surface area contributed by atoms with Crippen molar-refractivity contribution in [2.24, 2.45) is 0 Å². The third kappa shape index (κ3) is 6.80. The molecule has 0 spiro atoms. The predicted octanol–water partition coefficient (Wildman–Crippen LogP) is 1.03. The van der Waals surface area contributed by atoms with E-state index in [2.05, 4.69) is 40.0 Å². The molecule has 3 N–H and O–H groups in total. The molecule has 6 nitrogen and oxygen atoms in total. The van der Waals surface area contributed by atoms with Crippen LogP contribution in [0.2, 0.25) is 0 Å². The molecule has 1 aliphatic heterocycles. The van der Waals surface area contributed by atoms with Crippen LogP contribution in [0, 0.1) is 6.92 Å². The second-order valence-corrected chi connectivity index (χ2v) is 8.24. The van der Waals surface area contributed by atoms with E-state index >= 15 is 0 Å². The van der Waals surface area contributed by atoms with Gasteiger partial charge in [0.25, 0.3) is 0 Å². The Balaban J connectivity index is 1.29. The lowest BCUT2D eigenvalue weighted by Crippen LogP contribution is -3.15. The summed E-state index contributed by atoms with van der Waals surface area (Å²) in [4.78, 5) is 28.9. The summed E-state index contributed by atoms with van der Waals surface area (Å²) in [5, 5.41) is 0. The van der Waals surface area contributed by atoms with Gasteiger partial charge in [0.1, 0.15) is 0 Å². The Labute approximate surface area is 176 Å². The number of nitrogens with zero attached hydrogens (tertiary/aromatic N) is 1. The standard InChI is InChI=1S/C22H28N4O2S/c1-18-7-5-6-10-20(18)29-17-22(28)24-23-21(27)11-12-25-13-15-26(16-14-25)19-8-3-2-4-9-19/h2-10H,11-17H2,1H3,(H,23,27)(H,24,28)/p+1. The molecule has 2 aromatic rings. The third-order valence-corrected chi connectivity index (χ3v) is 6.27. The summed E-state index contributed by atoms with van der Waals surface area (Å²) in [6, 6.07) is 18.4. The first-order valence-electron chi connectivity index (χ1n) is 10.0. The highest BCUT2D eigenvalue weighted by Crippen LogP contribution is 2.21. The number of carbonyl (C=O) groups is 2. The first-order valence-corrected chi connectivity index (χ1v) is 11.0. The Kier molecular flexibility index (Phi) is 7.95. The van der Waals surface area contributed by atoms with E-state index in [0.717, 1.165) is 43.2 Å². The zero-order valence-electron chi connectivity index (χ0n) is 16.8. The van der Waals surface area contributed by atoms with Gasteiger partial charge in [-0.05, 0) is 30.7 Å². The molecule has 0 unspecified atom stereocenters. The van der Waals surface area contributed by atoms with Crippen LogP contribution in [0.4, 0.5) is 5.69 Å². The first-order chi connectivity index (χ1) is 14.1. The minimum Gasteiger partial charge on any atom is -0.360 e. The van der Waals surface area contributed by atoms with Crippen LogP contribution in [0.1, 0.15) is 12.0 Å². The van der Waals surface area contributed by atoms with E-state index in [4.69, 9.17) is 0 Å². The summed E-state index contributed by atoms with van der Waals surface area (Å²) in [6.07, 6.45) is 0.409. The average Bonchev–Trinajstić information content (AvgIpc) is 2.76. The van der Waals surface area contributed by atoms with E-state index in [0.29, 0.717) is 6.42 Å². The van der Waals surface area contributed by atoms with Crippen molar-refractivity contribution in [2.75, 3.05) is 43.4 Å². The smallest absolute Gasteiger partial charge is 0.248 e. The van der Waals surface area contributed by atoms with Gasteiger partial charge in [0.15, 0.2) is 0 Å². The largest absolute Gasteiger partial charge is 0.360 e. The number of hydrazine groups is 1. The Bertz CT molecular complexity index is 807. The number of anilines is 1. The normalized spacial score (nSPS) is 14.4. The van der Waals surface area contributed by atoms with E-state index in [1.54, 1.807) is 0 Å². The Morgan fingerprint density at radius 2 is 1.62 bits per heavy atom. The highest BCUT2D eigenvalue weighted by molar-refractivity contribution is 8.00. The third-order valence-electron chi connectivity index (χ3n) is 5.09. The lowest BCUT2D eigenvalue weighted by Gasteiger charge is -2.33. The number of hydrogen-bond acceptors (Lipinski definition) is 4. The van der Waals surface area contributed by atoms with E-state index in [9.17, 15) is 9.59 Å². The fourth-order valence-corrected chi connectivity index (χ4v) is 4.19. The van der Waals surface area contributed by atoms with Crippen LogP contribution in [0.3, 0.4) is 0 Å². The molecule has 0 aliphatic carbocycles. The van der Waals surface area contributed by atoms with Gasteiger partial charge in [0.2, 0.25) is 11.8 Å². The second-order valence-electron chi connectivity index (χ2n) is 7.22. The second kappa shape index (κ2) is 10.9. The summed E-state index contributed by atoms with van der Waals surface area (Å²) >= 11 is 1.47. The van der Waals surface area contributed by atoms with Gasteiger partial charge in [-0.25, -0.2) is 0 Å². The van der Waals surface area contributed by atoms with Crippen LogP contribution in [0.15, 0.2) is 59.5 Å². The molecule has 1 saturated heterocycles. The summed E-state index contributed by atoms with van der Waals surface area (Å²) in [6.45, 7) is 6.82. The maximum absolute atomic E-state index is 12.0. The van der Waals surface area contributed by atoms with Crippen molar-refractivity contribution in [1.29, 1.82) is 0 Å². The van der Waals surface area contributed by atoms with Gasteiger partial charge in [-0.3, -0.25) is 20.4 Å². The van der Waals surface area contributed by atoms with Crippen LogP contribution in [-0.4, -0.2) is 50.3 Å². The van der Waals surface area contributed by atoms with Crippen molar-refractivity contribution in [1.82, 2.24) is 10.9 Å². The molecule has 0 atom stereocenters. The monoisotopic (exact) mass is 413 g/mol. The molecule has 29 heavy (non-hydrogen) atoms. The Morgan fingerprint density at radius 3 is 2.34 bits per heavy atom. The number of piperazine rings is 1. The first kappa shape index (κ1) is 21.2. The summed E-state index contributed by atoms with van der Waals surface area (Å²) in [5.41, 5.74) is 7.45. The Hall–Kier alpha value is -2.51. The van der Waals surface area contributed by atoms with Gasteiger partial charge < -0.3 is 9.80 Å². The maximum atomic E-state index is 12.0. The van der Waals surface area contributed by atoms with Crippen molar-refractivity contribution in [2.45, 2.75) is 18.2 Å². The minimum atomic E-state index is -0.199. The number of benzene rings is 2. The molecular formula is C22H29N4O2S+. The topological polar surface area (TPSA) is 65.9 Å². The summed E-state index contributed by atoms with van der Waals surface area (Å²) in [7, 11) is 0. The zero-order valence-corrected chi connectivity index (χ0v) is 17.6. The average molecular weight is 414 g/mol. The maximum Gasteiger partial charge on any atom is 0.248 e. The molecule has 7 heteroatoms. The van der Waals surface area contributed by atoms with E-state index in [1.807, 2.05) is 37.3 Å². The fourth-order valence-electron chi connectivity index (χ4n) is 3.36. The van der Waals surface area contributed by atoms with Crippen molar-refractivity contribution in [3.63, 3.8) is 0 Å². The Morgan fingerprint density at radius 1 is 0.966 bits per heavy atom. The lowest BCUT2D eigenvalue weighted by atomic mass is 10.2. The molecule has 154 valence electrons. The molecule has 0 saturated carbocycles. The van der Waals surface area contributed by atoms with Crippen molar-refractivity contribution in [3.05, 3.63) is 60.2 Å². The van der Waals surface area contributed by atoms with Gasteiger partial charge >= 0.3 is 0 Å². The molecule has 3 rings (SSSR count). The van der Waals surface area contributed by atoms with Crippen molar-refractivity contribution >= 4 is 29.3 Å². The molecule has 1 heterocycles. The molecule has 1 aliphatic rings. The predicted molar refractivity (Wildman–Crippen MR) is 117 cm³/mol. The van der Waals surface area contributed by atoms with Gasteiger partial charge in [-0.15, -0.1) is 11.8 Å². The number of rotatable bonds is 7. The fraction of sp³-hybridized carbons (Fsp3) is 0.364. The quantitative estimate of drug-likeness (QED) is 0.469. The van der Waals surface area contributed by atoms with Crippen LogP contribution in [-0.2, 0) is 9.59 Å². The van der Waals surface area contributed by atoms with Gasteiger partial charge in [-0.2, -0.15) is 0 Å². The number of carbonyl (C=O) groups excluding carboxylic acids is 2. The zero-order chi connectivity index (χ0) is 20.5. The summed E-state index contributed by atoms with van der Waals surface area (Å²) in [5.74, 6) is -0.0645. The van der Waals surface area contributed by atoms with E-state index < -0.39 is 0 Å². The molecule has 0 bridgehead atoms. The SMILES string of the molecule is Cc1ccccc1SCC(=O)NNC(=O)CC[NH+]1CCN(c2ccccc2)CC1. The minimum absolute atomic E-state index is 0.141. The van der Waals surface area contributed by atoms with Gasteiger partial charge in [0.05, 0.1) is 44.9 Å². The number of quaternary nitrogens is 1. The van der Waals surface area contributed by atoms with Gasteiger partial charge in [-0.1, -0.05) is 36.4 Å². The molecule has 2 aromatic carbocycles. The number of thioether (sulfide) groups is 1. The van der Waals surface area contributed by atoms with Crippen LogP contribution in [0.5, 0.6) is 0 Å². The van der Waals surface area contributed by atoms with Gasteiger partial charge in [0, 0.05) is 10.6 Å². The highest BCUT2D eigenvalue weighted by Gasteiger charge is 2.20. The molecule has 0 radical (unpaired) electrons. The van der Waals surface area contributed by atoms with Crippen molar-refractivity contribution in [3.8, 4) is 0 Å². The summed E-state index contributed by atoms with van der Waals surface area (Å²) < 4.78 is 0. The number of para-hydroxylation sites is 1. The molecular weight excluding hydrogens is 384 g/mol. The van der Waals surface area contributed by atoms with E-state index in [-0.39, 0.29) is 17.6 Å². The molecule has 0 aromatic heterocycles. The number of amides is 2. The van der Waals surface area contributed by atoms with Crippen LogP contribution < -0.4 is 20.7 Å². The molecule has 1 fully saturated rings. The lowest BCUT2D eigenvalue weighted by molar-refractivity contribution is -0.900. The molecule has 2 amide bonds. The van der Waals surface area contributed by atoms with Crippen molar-refractivity contribution < 1.29 is 14.5 Å². The van der Waals surface area contributed by atoms with Crippen LogP contribution >= 0.6 is 11.8 Å². The van der Waals surface area contributed by atoms with Crippen LogP contribution in [0.25, 0.3) is 0 Å². The highest BCUT2D eigenvalue weighted by atomic mass is 32.2.